The van der Waals surface area contributed by atoms with Crippen LogP contribution in [-0.4, -0.2) is 20.8 Å². The highest BCUT2D eigenvalue weighted by atomic mass is 19.4. The minimum absolute atomic E-state index is 0.640. The van der Waals surface area contributed by atoms with Crippen molar-refractivity contribution in [1.82, 2.24) is 0 Å². The van der Waals surface area contributed by atoms with Gasteiger partial charge in [-0.3, -0.25) is 12.9 Å². The average molecular weight is 249 g/mol. The second-order valence-electron chi connectivity index (χ2n) is 2.72. The van der Waals surface area contributed by atoms with Gasteiger partial charge in [-0.1, -0.05) is 30.3 Å². The van der Waals surface area contributed by atoms with Gasteiger partial charge in [0.05, 0.1) is 0 Å². The summed E-state index contributed by atoms with van der Waals surface area (Å²) >= 11 is 0. The monoisotopic (exact) mass is 249 g/mol. The molecule has 0 spiro atoms. The Labute approximate surface area is 101 Å². The molecule has 1 aromatic rings. The molecule has 0 saturated carbocycles. The molecule has 0 aliphatic carbocycles. The first kappa shape index (κ1) is 18.4. The van der Waals surface area contributed by atoms with E-state index in [-0.39, 0.29) is 0 Å². The van der Waals surface area contributed by atoms with E-state index in [1.165, 1.54) is 5.56 Å². The molecular formula is C11H19BF3NO. The van der Waals surface area contributed by atoms with Crippen LogP contribution < -0.4 is 5.73 Å². The smallest absolute Gasteiger partial charge is 0.382 e. The minimum Gasteiger partial charge on any atom is -0.382 e. The molecule has 0 bridgehead atoms. The molecule has 0 saturated heterocycles. The maximum atomic E-state index is 9.67. The topological polar surface area (TPSA) is 35.2 Å². The molecule has 0 fully saturated rings. The van der Waals surface area contributed by atoms with Crippen LogP contribution in [0.25, 0.3) is 0 Å². The van der Waals surface area contributed by atoms with E-state index in [4.69, 9.17) is 10.5 Å². The van der Waals surface area contributed by atoms with Crippen LogP contribution in [-0.2, 0) is 11.3 Å². The third kappa shape index (κ3) is 20.9. The van der Waals surface area contributed by atoms with Gasteiger partial charge in [0.15, 0.2) is 0 Å². The van der Waals surface area contributed by atoms with Gasteiger partial charge in [0.1, 0.15) is 0 Å². The van der Waals surface area contributed by atoms with Crippen molar-refractivity contribution >= 4 is 7.54 Å². The Hall–Kier alpha value is -1.01. The number of benzene rings is 1. The second-order valence-corrected chi connectivity index (χ2v) is 2.72. The summed E-state index contributed by atoms with van der Waals surface area (Å²) < 4.78 is 33.8. The maximum Gasteiger partial charge on any atom is 0.762 e. The summed E-state index contributed by atoms with van der Waals surface area (Å²) in [5.74, 6) is 0. The SMILES string of the molecule is CCOCC.FB(F)F.NCc1ccccc1. The Bertz CT molecular complexity index is 233. The number of halogens is 3. The maximum absolute atomic E-state index is 9.67. The highest BCUT2D eigenvalue weighted by molar-refractivity contribution is 6.33. The first-order valence-corrected chi connectivity index (χ1v) is 5.32. The van der Waals surface area contributed by atoms with Crippen LogP contribution >= 0.6 is 0 Å². The number of nitrogens with two attached hydrogens (primary N) is 1. The van der Waals surface area contributed by atoms with E-state index in [1.54, 1.807) is 0 Å². The fraction of sp³-hybridized carbons (Fsp3) is 0.455. The molecule has 0 heterocycles. The largest absolute Gasteiger partial charge is 0.762 e. The second kappa shape index (κ2) is 15.0. The lowest BCUT2D eigenvalue weighted by Gasteiger charge is -1.90. The van der Waals surface area contributed by atoms with E-state index >= 15 is 0 Å². The fourth-order valence-electron chi connectivity index (χ4n) is 0.818. The van der Waals surface area contributed by atoms with Crippen LogP contribution in [0.4, 0.5) is 12.9 Å². The lowest BCUT2D eigenvalue weighted by Crippen LogP contribution is -1.94. The summed E-state index contributed by atoms with van der Waals surface area (Å²) in [5, 5.41) is 0. The molecule has 0 radical (unpaired) electrons. The predicted molar refractivity (Wildman–Crippen MR) is 65.6 cm³/mol. The van der Waals surface area contributed by atoms with Gasteiger partial charge in [-0.25, -0.2) is 0 Å². The van der Waals surface area contributed by atoms with Crippen molar-refractivity contribution in [1.29, 1.82) is 0 Å². The quantitative estimate of drug-likeness (QED) is 0.835. The first-order valence-electron chi connectivity index (χ1n) is 5.32. The molecule has 6 heteroatoms. The van der Waals surface area contributed by atoms with E-state index in [0.29, 0.717) is 6.54 Å². The Morgan fingerprint density at radius 3 is 1.65 bits per heavy atom. The minimum atomic E-state index is -3.67. The zero-order valence-electron chi connectivity index (χ0n) is 10.2. The summed E-state index contributed by atoms with van der Waals surface area (Å²) in [7, 11) is -3.67. The van der Waals surface area contributed by atoms with Crippen LogP contribution in [0.1, 0.15) is 19.4 Å². The van der Waals surface area contributed by atoms with Crippen LogP contribution in [0.5, 0.6) is 0 Å². The Morgan fingerprint density at radius 2 is 1.47 bits per heavy atom. The van der Waals surface area contributed by atoms with E-state index in [2.05, 4.69) is 0 Å². The Morgan fingerprint density at radius 1 is 1.06 bits per heavy atom. The van der Waals surface area contributed by atoms with E-state index in [0.717, 1.165) is 13.2 Å². The molecule has 0 aromatic heterocycles. The molecule has 98 valence electrons. The predicted octanol–water partition coefficient (Wildman–Crippen LogP) is 3.07. The van der Waals surface area contributed by atoms with Crippen LogP contribution in [0, 0.1) is 0 Å². The van der Waals surface area contributed by atoms with Crippen molar-refractivity contribution in [3.63, 3.8) is 0 Å². The Balaban J connectivity index is 0. The third-order valence-electron chi connectivity index (χ3n) is 1.49. The summed E-state index contributed by atoms with van der Waals surface area (Å²) in [4.78, 5) is 0. The van der Waals surface area contributed by atoms with E-state index in [1.807, 2.05) is 44.2 Å². The van der Waals surface area contributed by atoms with E-state index in [9.17, 15) is 12.9 Å². The third-order valence-corrected chi connectivity index (χ3v) is 1.49. The van der Waals surface area contributed by atoms with E-state index < -0.39 is 7.54 Å². The highest BCUT2D eigenvalue weighted by Gasteiger charge is 2.06. The molecular weight excluding hydrogens is 230 g/mol. The molecule has 0 atom stereocenters. The van der Waals surface area contributed by atoms with Gasteiger partial charge >= 0.3 is 7.54 Å². The Kier molecular flexibility index (Phi) is 16.2. The standard InChI is InChI=1S/C7H9N.C4H10O.BF3/c8-6-7-4-2-1-3-5-7;1-3-5-4-2;2-1(3)4/h1-5H,6,8H2;3-4H2,1-2H3;. The van der Waals surface area contributed by atoms with Crippen LogP contribution in [0.15, 0.2) is 30.3 Å². The van der Waals surface area contributed by atoms with Crippen molar-refractivity contribution < 1.29 is 17.7 Å². The molecule has 17 heavy (non-hydrogen) atoms. The first-order chi connectivity index (χ1) is 8.08. The van der Waals surface area contributed by atoms with Crippen molar-refractivity contribution in [2.45, 2.75) is 20.4 Å². The number of hydrogen-bond donors (Lipinski definition) is 1. The highest BCUT2D eigenvalue weighted by Crippen LogP contribution is 1.94. The van der Waals surface area contributed by atoms with Crippen molar-refractivity contribution in [2.75, 3.05) is 13.2 Å². The molecule has 2 N–H and O–H groups in total. The van der Waals surface area contributed by atoms with Gasteiger partial charge in [-0.05, 0) is 19.4 Å². The molecule has 0 aliphatic rings. The zero-order valence-corrected chi connectivity index (χ0v) is 10.2. The van der Waals surface area contributed by atoms with Gasteiger partial charge in [0.25, 0.3) is 0 Å². The summed E-state index contributed by atoms with van der Waals surface area (Å²) in [6.45, 7) is 6.31. The summed E-state index contributed by atoms with van der Waals surface area (Å²) in [6, 6.07) is 9.99. The molecule has 1 aromatic carbocycles. The fourth-order valence-corrected chi connectivity index (χ4v) is 0.818. The molecule has 1 rings (SSSR count). The van der Waals surface area contributed by atoms with Gasteiger partial charge in [-0.2, -0.15) is 0 Å². The van der Waals surface area contributed by atoms with Gasteiger partial charge < -0.3 is 10.5 Å². The molecule has 0 amide bonds. The van der Waals surface area contributed by atoms with Gasteiger partial charge in [-0.15, -0.1) is 0 Å². The lowest BCUT2D eigenvalue weighted by molar-refractivity contribution is 0.162. The summed E-state index contributed by atoms with van der Waals surface area (Å²) in [5.41, 5.74) is 6.54. The van der Waals surface area contributed by atoms with Crippen LogP contribution in [0.3, 0.4) is 0 Å². The van der Waals surface area contributed by atoms with Gasteiger partial charge in [0, 0.05) is 19.8 Å². The number of ether oxygens (including phenoxy) is 1. The molecule has 0 aliphatic heterocycles. The molecule has 2 nitrogen and oxygen atoms in total. The average Bonchev–Trinajstić information content (AvgIpc) is 2.31. The number of hydrogen-bond acceptors (Lipinski definition) is 2. The normalized spacial score (nSPS) is 8.35. The van der Waals surface area contributed by atoms with Crippen molar-refractivity contribution in [3.05, 3.63) is 35.9 Å². The lowest BCUT2D eigenvalue weighted by atomic mass is 10.2. The van der Waals surface area contributed by atoms with Crippen molar-refractivity contribution in [3.8, 4) is 0 Å². The number of rotatable bonds is 3. The summed E-state index contributed by atoms with van der Waals surface area (Å²) in [6.07, 6.45) is 0. The van der Waals surface area contributed by atoms with Gasteiger partial charge in [0.2, 0.25) is 0 Å². The van der Waals surface area contributed by atoms with Crippen LogP contribution in [0.2, 0.25) is 0 Å². The van der Waals surface area contributed by atoms with Crippen molar-refractivity contribution in [2.24, 2.45) is 5.73 Å². The molecule has 0 unspecified atom stereocenters. The zero-order chi connectivity index (χ0) is 13.5.